The van der Waals surface area contributed by atoms with Crippen molar-refractivity contribution in [2.75, 3.05) is 0 Å². The summed E-state index contributed by atoms with van der Waals surface area (Å²) in [6.45, 7) is 4.33. The molecule has 0 radical (unpaired) electrons. The van der Waals surface area contributed by atoms with Gasteiger partial charge in [0.2, 0.25) is 0 Å². The summed E-state index contributed by atoms with van der Waals surface area (Å²) in [6.07, 6.45) is 5.11. The normalized spacial score (nSPS) is 11.4. The minimum absolute atomic E-state index is 0.955. The molecule has 0 nitrogen and oxygen atoms in total. The lowest BCUT2D eigenvalue weighted by molar-refractivity contribution is 0.983. The van der Waals surface area contributed by atoms with Gasteiger partial charge in [-0.15, -0.1) is 0 Å². The van der Waals surface area contributed by atoms with Crippen molar-refractivity contribution in [1.29, 1.82) is 0 Å². The Kier molecular flexibility index (Phi) is 5.24. The zero-order chi connectivity index (χ0) is 21.2. The molecule has 0 unspecified atom stereocenters. The van der Waals surface area contributed by atoms with Crippen molar-refractivity contribution >= 4 is 21.5 Å². The first-order valence-electron chi connectivity index (χ1n) is 11.4. The topological polar surface area (TPSA) is 0 Å². The monoisotopic (exact) mass is 398 g/mol. The van der Waals surface area contributed by atoms with E-state index in [2.05, 4.69) is 98.2 Å². The fraction of sp³-hybridized carbons (Fsp3) is 0.226. The minimum Gasteiger partial charge on any atom is -0.0979 e. The van der Waals surface area contributed by atoms with Gasteiger partial charge in [0.15, 0.2) is 0 Å². The summed E-state index contributed by atoms with van der Waals surface area (Å²) < 4.78 is 0. The van der Waals surface area contributed by atoms with E-state index in [4.69, 9.17) is 0 Å². The van der Waals surface area contributed by atoms with Gasteiger partial charge < -0.3 is 0 Å². The second kappa shape index (κ2) is 8.34. The van der Waals surface area contributed by atoms with Gasteiger partial charge in [0.1, 0.15) is 0 Å². The summed E-state index contributed by atoms with van der Waals surface area (Å²) in [6, 6.07) is 22.4. The van der Waals surface area contributed by atoms with Crippen molar-refractivity contribution in [2.24, 2.45) is 0 Å². The van der Waals surface area contributed by atoms with Crippen molar-refractivity contribution in [1.82, 2.24) is 0 Å². The maximum absolute atomic E-state index is 3.31. The average Bonchev–Trinajstić information content (AvgIpc) is 3.18. The Morgan fingerprint density at radius 3 is 1.55 bits per heavy atom. The van der Waals surface area contributed by atoms with Gasteiger partial charge >= 0.3 is 0 Å². The summed E-state index contributed by atoms with van der Waals surface area (Å²) in [5.41, 5.74) is 7.86. The Bertz CT molecular complexity index is 1320. The molecule has 0 heterocycles. The van der Waals surface area contributed by atoms with E-state index in [9.17, 15) is 0 Å². The van der Waals surface area contributed by atoms with E-state index in [1.165, 1.54) is 43.8 Å². The lowest BCUT2D eigenvalue weighted by Crippen LogP contribution is -1.87. The van der Waals surface area contributed by atoms with Gasteiger partial charge in [0, 0.05) is 24.0 Å². The molecule has 0 aliphatic heterocycles. The Morgan fingerprint density at radius 1 is 0.613 bits per heavy atom. The first-order valence-corrected chi connectivity index (χ1v) is 11.4. The van der Waals surface area contributed by atoms with Crippen molar-refractivity contribution in [2.45, 2.75) is 46.0 Å². The fourth-order valence-corrected chi connectivity index (χ4v) is 4.59. The molecule has 31 heavy (non-hydrogen) atoms. The lowest BCUT2D eigenvalue weighted by atomic mass is 9.97. The van der Waals surface area contributed by atoms with E-state index in [1.54, 1.807) is 0 Å². The van der Waals surface area contributed by atoms with Gasteiger partial charge in [-0.2, -0.15) is 0 Å². The second-order valence-electron chi connectivity index (χ2n) is 8.34. The predicted molar refractivity (Wildman–Crippen MR) is 133 cm³/mol. The molecule has 4 aromatic rings. The van der Waals surface area contributed by atoms with E-state index >= 15 is 0 Å². The van der Waals surface area contributed by atoms with Crippen LogP contribution in [0.4, 0.5) is 0 Å². The molecule has 4 aromatic carbocycles. The quantitative estimate of drug-likeness (QED) is 0.265. The smallest absolute Gasteiger partial charge is 0.0251 e. The average molecular weight is 399 g/mol. The number of fused-ring (bicyclic) bond motifs is 7. The summed E-state index contributed by atoms with van der Waals surface area (Å²) in [5.74, 6) is 13.1. The molecule has 0 bridgehead atoms. The van der Waals surface area contributed by atoms with Crippen molar-refractivity contribution in [3.05, 3.63) is 82.9 Å². The zero-order valence-corrected chi connectivity index (χ0v) is 18.3. The maximum atomic E-state index is 3.31. The number of unbranched alkanes of at least 4 members (excludes halogenated alkanes) is 2. The van der Waals surface area contributed by atoms with Gasteiger partial charge in [-0.1, -0.05) is 73.9 Å². The molecular formula is C31H26. The van der Waals surface area contributed by atoms with Crippen molar-refractivity contribution < 1.29 is 0 Å². The molecule has 150 valence electrons. The third-order valence-corrected chi connectivity index (χ3v) is 6.12. The molecule has 0 N–H and O–H groups in total. The molecule has 1 aliphatic carbocycles. The van der Waals surface area contributed by atoms with E-state index in [1.807, 2.05) is 0 Å². The highest BCUT2D eigenvalue weighted by atomic mass is 14.3. The zero-order valence-electron chi connectivity index (χ0n) is 18.3. The van der Waals surface area contributed by atoms with Crippen LogP contribution in [0, 0.1) is 23.7 Å². The number of rotatable bonds is 2. The van der Waals surface area contributed by atoms with Crippen LogP contribution in [0.1, 0.15) is 61.8 Å². The SMILES string of the molecule is CCCC#Cc1ccc2c3c(ccc2c1)-c1ccc2cc(C#CCCC)ccc2c1C3. The van der Waals surface area contributed by atoms with Crippen molar-refractivity contribution in [3.8, 4) is 34.8 Å². The highest BCUT2D eigenvalue weighted by Crippen LogP contribution is 2.43. The summed E-state index contributed by atoms with van der Waals surface area (Å²) in [5, 5.41) is 5.27. The van der Waals surface area contributed by atoms with Crippen molar-refractivity contribution in [3.63, 3.8) is 0 Å². The molecule has 0 heteroatoms. The first kappa shape index (κ1) is 19.5. The highest BCUT2D eigenvalue weighted by molar-refractivity contribution is 6.01. The lowest BCUT2D eigenvalue weighted by Gasteiger charge is -2.07. The first-order chi connectivity index (χ1) is 15.3. The highest BCUT2D eigenvalue weighted by Gasteiger charge is 2.22. The second-order valence-corrected chi connectivity index (χ2v) is 8.34. The molecule has 0 spiro atoms. The molecule has 1 aliphatic rings. The molecule has 5 rings (SSSR count). The predicted octanol–water partition coefficient (Wildman–Crippen LogP) is 7.87. The Balaban J connectivity index is 1.56. The molecule has 0 saturated carbocycles. The molecular weight excluding hydrogens is 372 g/mol. The van der Waals surface area contributed by atoms with Crippen LogP contribution in [0.15, 0.2) is 60.7 Å². The van der Waals surface area contributed by atoms with Crippen LogP contribution < -0.4 is 0 Å². The Morgan fingerprint density at radius 2 is 1.10 bits per heavy atom. The largest absolute Gasteiger partial charge is 0.0979 e. The Hall–Kier alpha value is -3.48. The van der Waals surface area contributed by atoms with Crippen LogP contribution in [0.5, 0.6) is 0 Å². The number of hydrogen-bond acceptors (Lipinski definition) is 0. The summed E-state index contributed by atoms with van der Waals surface area (Å²) in [7, 11) is 0. The van der Waals surface area contributed by atoms with Crippen LogP contribution in [0.2, 0.25) is 0 Å². The third-order valence-electron chi connectivity index (χ3n) is 6.12. The summed E-state index contributed by atoms with van der Waals surface area (Å²) >= 11 is 0. The van der Waals surface area contributed by atoms with E-state index in [-0.39, 0.29) is 0 Å². The standard InChI is InChI=1S/C31H26/c1-3-5-7-9-22-11-15-26-24(19-22)13-17-28-29-18-14-25-20-23(10-8-6-4-2)12-16-27(25)31(29)21-30(26)28/h11-20H,3-6,21H2,1-2H3. The Labute approximate surface area is 185 Å². The van der Waals surface area contributed by atoms with Gasteiger partial charge in [-0.25, -0.2) is 0 Å². The molecule has 0 fully saturated rings. The van der Waals surface area contributed by atoms with Crippen LogP contribution in [0.25, 0.3) is 32.7 Å². The maximum Gasteiger partial charge on any atom is 0.0251 e. The van der Waals surface area contributed by atoms with Crippen LogP contribution in [0.3, 0.4) is 0 Å². The summed E-state index contributed by atoms with van der Waals surface area (Å²) in [4.78, 5) is 0. The minimum atomic E-state index is 0.955. The van der Waals surface area contributed by atoms with Gasteiger partial charge in [0.25, 0.3) is 0 Å². The molecule has 0 saturated heterocycles. The molecule has 0 atom stereocenters. The number of hydrogen-bond donors (Lipinski definition) is 0. The fourth-order valence-electron chi connectivity index (χ4n) is 4.59. The van der Waals surface area contributed by atoms with Gasteiger partial charge in [-0.05, 0) is 87.3 Å². The van der Waals surface area contributed by atoms with E-state index in [0.29, 0.717) is 0 Å². The van der Waals surface area contributed by atoms with Crippen LogP contribution >= 0.6 is 0 Å². The van der Waals surface area contributed by atoms with Crippen LogP contribution in [-0.2, 0) is 6.42 Å². The van der Waals surface area contributed by atoms with E-state index in [0.717, 1.165) is 43.2 Å². The van der Waals surface area contributed by atoms with Gasteiger partial charge in [-0.3, -0.25) is 0 Å². The van der Waals surface area contributed by atoms with E-state index < -0.39 is 0 Å². The molecule has 0 amide bonds. The van der Waals surface area contributed by atoms with Crippen LogP contribution in [-0.4, -0.2) is 0 Å². The third kappa shape index (κ3) is 3.60. The van der Waals surface area contributed by atoms with Gasteiger partial charge in [0.05, 0.1) is 0 Å². The number of benzene rings is 4. The molecule has 0 aromatic heterocycles.